The van der Waals surface area contributed by atoms with Crippen molar-refractivity contribution in [1.29, 1.82) is 0 Å². The molecule has 2 saturated carbocycles. The van der Waals surface area contributed by atoms with Crippen molar-refractivity contribution in [3.05, 3.63) is 5.92 Å². The molecule has 1 atom stereocenters. The summed E-state index contributed by atoms with van der Waals surface area (Å²) in [6, 6.07) is 0. The Hall–Kier alpha value is -0.350. The van der Waals surface area contributed by atoms with Crippen molar-refractivity contribution >= 4 is 0 Å². The molecule has 0 nitrogen and oxygen atoms in total. The van der Waals surface area contributed by atoms with Gasteiger partial charge in [-0.3, -0.25) is 0 Å². The lowest BCUT2D eigenvalue weighted by Crippen LogP contribution is -2.15. The summed E-state index contributed by atoms with van der Waals surface area (Å²) in [6.45, 7) is 0. The highest BCUT2D eigenvalue weighted by atomic mass is 19.4. The van der Waals surface area contributed by atoms with Gasteiger partial charge >= 0.3 is 6.18 Å². The van der Waals surface area contributed by atoms with Crippen LogP contribution in [0.4, 0.5) is 22.0 Å². The standard InChI is InChI=1S/C7H6F5/c8-6(9)4(3-1-2-3)5(6)7(10,11)12/h3,5H,1-2H2. The van der Waals surface area contributed by atoms with E-state index in [0.29, 0.717) is 12.8 Å². The summed E-state index contributed by atoms with van der Waals surface area (Å²) in [4.78, 5) is 0. The predicted molar refractivity (Wildman–Crippen MR) is 30.5 cm³/mol. The molecule has 5 heteroatoms. The predicted octanol–water partition coefficient (Wildman–Crippen LogP) is 2.80. The van der Waals surface area contributed by atoms with Gasteiger partial charge in [-0.05, 0) is 18.8 Å². The third kappa shape index (κ3) is 1.02. The van der Waals surface area contributed by atoms with E-state index >= 15 is 0 Å². The Balaban J connectivity index is 2.10. The van der Waals surface area contributed by atoms with Crippen molar-refractivity contribution in [3.8, 4) is 0 Å². The Kier molecular flexibility index (Phi) is 1.33. The molecule has 2 rings (SSSR count). The van der Waals surface area contributed by atoms with Crippen molar-refractivity contribution < 1.29 is 22.0 Å². The Bertz CT molecular complexity index is 202. The highest BCUT2D eigenvalue weighted by Gasteiger charge is 2.81. The van der Waals surface area contributed by atoms with Crippen LogP contribution in [0.15, 0.2) is 0 Å². The molecule has 0 heterocycles. The third-order valence-corrected chi connectivity index (χ3v) is 2.32. The van der Waals surface area contributed by atoms with Gasteiger partial charge in [0.15, 0.2) is 0 Å². The molecule has 69 valence electrons. The van der Waals surface area contributed by atoms with E-state index in [-0.39, 0.29) is 0 Å². The van der Waals surface area contributed by atoms with E-state index in [2.05, 4.69) is 0 Å². The molecule has 0 saturated heterocycles. The fourth-order valence-electron chi connectivity index (χ4n) is 1.58. The first-order valence-corrected chi connectivity index (χ1v) is 3.67. The number of rotatable bonds is 1. The van der Waals surface area contributed by atoms with E-state index in [1.54, 1.807) is 0 Å². The topological polar surface area (TPSA) is 0 Å². The molecule has 12 heavy (non-hydrogen) atoms. The zero-order chi connectivity index (χ0) is 9.15. The van der Waals surface area contributed by atoms with Crippen LogP contribution < -0.4 is 0 Å². The van der Waals surface area contributed by atoms with Gasteiger partial charge in [0.25, 0.3) is 5.92 Å². The maximum absolute atomic E-state index is 12.5. The van der Waals surface area contributed by atoms with E-state index < -0.39 is 29.9 Å². The summed E-state index contributed by atoms with van der Waals surface area (Å²) in [6.07, 6.45) is -3.75. The Morgan fingerprint density at radius 2 is 1.67 bits per heavy atom. The van der Waals surface area contributed by atoms with Crippen LogP contribution in [0.1, 0.15) is 12.8 Å². The Morgan fingerprint density at radius 3 is 1.92 bits per heavy atom. The summed E-state index contributed by atoms with van der Waals surface area (Å²) in [5.74, 6) is -7.02. The molecule has 2 aliphatic carbocycles. The van der Waals surface area contributed by atoms with E-state index in [0.717, 1.165) is 0 Å². The van der Waals surface area contributed by atoms with E-state index in [1.807, 2.05) is 0 Å². The average Bonchev–Trinajstić information content (AvgIpc) is 2.60. The normalized spacial score (nSPS) is 35.2. The summed E-state index contributed by atoms with van der Waals surface area (Å²) < 4.78 is 60.6. The van der Waals surface area contributed by atoms with E-state index in [4.69, 9.17) is 0 Å². The lowest BCUT2D eigenvalue weighted by atomic mass is 10.2. The Morgan fingerprint density at radius 1 is 1.17 bits per heavy atom. The SMILES string of the molecule is FC(F)(F)C1[C](C2CC2)C1(F)F. The first-order chi connectivity index (χ1) is 5.35. The van der Waals surface area contributed by atoms with Crippen LogP contribution in [-0.2, 0) is 0 Å². The molecule has 0 aromatic heterocycles. The molecular weight excluding hydrogens is 179 g/mol. The van der Waals surface area contributed by atoms with Crippen LogP contribution in [0.2, 0.25) is 0 Å². The molecule has 0 aromatic carbocycles. The molecule has 1 unspecified atom stereocenters. The molecule has 0 bridgehead atoms. The van der Waals surface area contributed by atoms with Crippen LogP contribution in [0.5, 0.6) is 0 Å². The summed E-state index contributed by atoms with van der Waals surface area (Å²) >= 11 is 0. The first-order valence-electron chi connectivity index (χ1n) is 3.67. The monoisotopic (exact) mass is 185 g/mol. The van der Waals surface area contributed by atoms with Crippen molar-refractivity contribution in [3.63, 3.8) is 0 Å². The first kappa shape index (κ1) is 8.26. The minimum Gasteiger partial charge on any atom is -0.205 e. The van der Waals surface area contributed by atoms with Gasteiger partial charge in [0, 0.05) is 0 Å². The van der Waals surface area contributed by atoms with Gasteiger partial charge in [-0.25, -0.2) is 8.78 Å². The fraction of sp³-hybridized carbons (Fsp3) is 0.857. The molecule has 0 aromatic rings. The van der Waals surface area contributed by atoms with Crippen LogP contribution >= 0.6 is 0 Å². The highest BCUT2D eigenvalue weighted by molar-refractivity contribution is 5.36. The van der Waals surface area contributed by atoms with Crippen LogP contribution in [-0.4, -0.2) is 12.1 Å². The largest absolute Gasteiger partial charge is 0.398 e. The molecule has 0 spiro atoms. The van der Waals surface area contributed by atoms with Crippen molar-refractivity contribution in [2.45, 2.75) is 24.9 Å². The zero-order valence-electron chi connectivity index (χ0n) is 5.96. The van der Waals surface area contributed by atoms with Crippen LogP contribution in [0, 0.1) is 17.8 Å². The molecule has 2 fully saturated rings. The van der Waals surface area contributed by atoms with Crippen molar-refractivity contribution in [2.75, 3.05) is 0 Å². The second-order valence-corrected chi connectivity index (χ2v) is 3.33. The summed E-state index contributed by atoms with van der Waals surface area (Å²) in [5, 5.41) is 0. The summed E-state index contributed by atoms with van der Waals surface area (Å²) in [5.41, 5.74) is 0. The number of hydrogen-bond donors (Lipinski definition) is 0. The van der Waals surface area contributed by atoms with Crippen LogP contribution in [0.25, 0.3) is 0 Å². The lowest BCUT2D eigenvalue weighted by molar-refractivity contribution is -0.166. The van der Waals surface area contributed by atoms with Gasteiger partial charge in [-0.2, -0.15) is 13.2 Å². The molecule has 1 radical (unpaired) electrons. The minimum atomic E-state index is -4.75. The van der Waals surface area contributed by atoms with Gasteiger partial charge in [0.1, 0.15) is 5.92 Å². The average molecular weight is 185 g/mol. The number of halogens is 5. The van der Waals surface area contributed by atoms with Crippen LogP contribution in [0.3, 0.4) is 0 Å². The number of hydrogen-bond acceptors (Lipinski definition) is 0. The number of alkyl halides is 5. The third-order valence-electron chi connectivity index (χ3n) is 2.32. The Labute approximate surface area is 65.7 Å². The molecular formula is C7H6F5. The van der Waals surface area contributed by atoms with Crippen molar-refractivity contribution in [1.82, 2.24) is 0 Å². The second kappa shape index (κ2) is 1.93. The van der Waals surface area contributed by atoms with E-state index in [1.165, 1.54) is 0 Å². The maximum Gasteiger partial charge on any atom is 0.398 e. The smallest absolute Gasteiger partial charge is 0.205 e. The second-order valence-electron chi connectivity index (χ2n) is 3.33. The summed E-state index contributed by atoms with van der Waals surface area (Å²) in [7, 11) is 0. The van der Waals surface area contributed by atoms with Gasteiger partial charge in [0.2, 0.25) is 0 Å². The van der Waals surface area contributed by atoms with Gasteiger partial charge < -0.3 is 0 Å². The molecule has 0 aliphatic heterocycles. The highest BCUT2D eigenvalue weighted by Crippen LogP contribution is 2.70. The quantitative estimate of drug-likeness (QED) is 0.551. The molecule has 0 N–H and O–H groups in total. The van der Waals surface area contributed by atoms with Gasteiger partial charge in [-0.15, -0.1) is 0 Å². The molecule has 0 amide bonds. The lowest BCUT2D eigenvalue weighted by Gasteiger charge is -2.02. The zero-order valence-corrected chi connectivity index (χ0v) is 5.96. The van der Waals surface area contributed by atoms with Gasteiger partial charge in [0.05, 0.1) is 5.92 Å². The minimum absolute atomic E-state index is 0.452. The van der Waals surface area contributed by atoms with E-state index in [9.17, 15) is 22.0 Å². The maximum atomic E-state index is 12.5. The van der Waals surface area contributed by atoms with Crippen molar-refractivity contribution in [2.24, 2.45) is 11.8 Å². The molecule has 2 aliphatic rings. The van der Waals surface area contributed by atoms with Gasteiger partial charge in [-0.1, -0.05) is 0 Å². The fourth-order valence-corrected chi connectivity index (χ4v) is 1.58.